The van der Waals surface area contributed by atoms with Crippen LogP contribution in [0.5, 0.6) is 0 Å². The summed E-state index contributed by atoms with van der Waals surface area (Å²) >= 11 is 0. The minimum Gasteiger partial charge on any atom is -0.325 e. The smallest absolute Gasteiger partial charge is 0.241 e. The Morgan fingerprint density at radius 1 is 1.28 bits per heavy atom. The van der Waals surface area contributed by atoms with Gasteiger partial charge in [-0.3, -0.25) is 4.79 Å². The Morgan fingerprint density at radius 3 is 2.44 bits per heavy atom. The lowest BCUT2D eigenvalue weighted by Crippen LogP contribution is -2.35. The summed E-state index contributed by atoms with van der Waals surface area (Å²) in [6.07, 6.45) is 2.02. The van der Waals surface area contributed by atoms with Crippen LogP contribution in [0.3, 0.4) is 0 Å². The summed E-state index contributed by atoms with van der Waals surface area (Å²) < 4.78 is 0. The maximum Gasteiger partial charge on any atom is 0.241 e. The van der Waals surface area contributed by atoms with E-state index in [4.69, 9.17) is 0 Å². The summed E-state index contributed by atoms with van der Waals surface area (Å²) in [5.74, 6) is 0.0796. The van der Waals surface area contributed by atoms with Crippen molar-refractivity contribution in [2.45, 2.75) is 45.1 Å². The maximum absolute atomic E-state index is 11.9. The Hall–Kier alpha value is -1.35. The molecule has 3 heteroatoms. The van der Waals surface area contributed by atoms with E-state index in [2.05, 4.69) is 43.5 Å². The van der Waals surface area contributed by atoms with Crippen LogP contribution in [0.25, 0.3) is 0 Å². The molecule has 1 atom stereocenters. The van der Waals surface area contributed by atoms with Gasteiger partial charge in [-0.2, -0.15) is 0 Å². The van der Waals surface area contributed by atoms with Crippen LogP contribution in [-0.4, -0.2) is 18.5 Å². The molecule has 0 bridgehead atoms. The molecule has 1 fully saturated rings. The molecule has 1 amide bonds. The highest BCUT2D eigenvalue weighted by atomic mass is 16.2. The van der Waals surface area contributed by atoms with E-state index in [0.717, 1.165) is 25.1 Å². The minimum absolute atomic E-state index is 0.0210. The van der Waals surface area contributed by atoms with E-state index in [1.807, 2.05) is 12.1 Å². The van der Waals surface area contributed by atoms with Crippen LogP contribution in [0.4, 0.5) is 5.69 Å². The van der Waals surface area contributed by atoms with Gasteiger partial charge in [-0.25, -0.2) is 0 Å². The Bertz CT molecular complexity index is 411. The van der Waals surface area contributed by atoms with Crippen molar-refractivity contribution in [3.8, 4) is 0 Å². The summed E-state index contributed by atoms with van der Waals surface area (Å²) in [5, 5.41) is 6.16. The summed E-state index contributed by atoms with van der Waals surface area (Å²) in [4.78, 5) is 11.9. The Morgan fingerprint density at radius 2 is 1.94 bits per heavy atom. The van der Waals surface area contributed by atoms with Crippen molar-refractivity contribution in [2.24, 2.45) is 0 Å². The number of carbonyl (C=O) groups excluding carboxylic acids is 1. The highest BCUT2D eigenvalue weighted by Gasteiger charge is 2.22. The van der Waals surface area contributed by atoms with Gasteiger partial charge >= 0.3 is 0 Å². The van der Waals surface area contributed by atoms with Crippen LogP contribution < -0.4 is 10.6 Å². The fourth-order valence-corrected chi connectivity index (χ4v) is 2.19. The molecule has 3 nitrogen and oxygen atoms in total. The topological polar surface area (TPSA) is 41.1 Å². The summed E-state index contributed by atoms with van der Waals surface area (Å²) in [7, 11) is 0. The first-order chi connectivity index (χ1) is 8.47. The van der Waals surface area contributed by atoms with Crippen molar-refractivity contribution >= 4 is 11.6 Å². The summed E-state index contributed by atoms with van der Waals surface area (Å²) in [6.45, 7) is 7.50. The third-order valence-electron chi connectivity index (χ3n) is 3.40. The summed E-state index contributed by atoms with van der Waals surface area (Å²) in [6, 6.07) is 8.10. The monoisotopic (exact) mass is 246 g/mol. The normalized spacial score (nSPS) is 19.8. The first-order valence-electron chi connectivity index (χ1n) is 6.61. The van der Waals surface area contributed by atoms with E-state index in [-0.39, 0.29) is 17.4 Å². The molecule has 1 aromatic rings. The Balaban J connectivity index is 2.00. The van der Waals surface area contributed by atoms with Gasteiger partial charge in [0.15, 0.2) is 0 Å². The predicted octanol–water partition coefficient (Wildman–Crippen LogP) is 2.67. The van der Waals surface area contributed by atoms with E-state index in [1.54, 1.807) is 0 Å². The number of anilines is 1. The Kier molecular flexibility index (Phi) is 3.71. The molecule has 0 aromatic heterocycles. The SMILES string of the molecule is CC(C)(C)c1ccc(NC(=O)[C@H]2CCCN2)cc1. The molecule has 0 radical (unpaired) electrons. The number of hydrogen-bond donors (Lipinski definition) is 2. The van der Waals surface area contributed by atoms with Crippen molar-refractivity contribution in [2.75, 3.05) is 11.9 Å². The zero-order valence-corrected chi connectivity index (χ0v) is 11.4. The first kappa shape index (κ1) is 13.1. The van der Waals surface area contributed by atoms with Crippen molar-refractivity contribution in [3.05, 3.63) is 29.8 Å². The van der Waals surface area contributed by atoms with Crippen LogP contribution in [0.2, 0.25) is 0 Å². The molecular weight excluding hydrogens is 224 g/mol. The third-order valence-corrected chi connectivity index (χ3v) is 3.40. The molecular formula is C15H22N2O. The lowest BCUT2D eigenvalue weighted by atomic mass is 9.87. The fraction of sp³-hybridized carbons (Fsp3) is 0.533. The van der Waals surface area contributed by atoms with Crippen molar-refractivity contribution in [1.29, 1.82) is 0 Å². The average molecular weight is 246 g/mol. The van der Waals surface area contributed by atoms with Gasteiger partial charge < -0.3 is 10.6 Å². The molecule has 0 aliphatic carbocycles. The van der Waals surface area contributed by atoms with Gasteiger partial charge in [-0.05, 0) is 42.5 Å². The third kappa shape index (κ3) is 3.10. The lowest BCUT2D eigenvalue weighted by molar-refractivity contribution is -0.117. The highest BCUT2D eigenvalue weighted by molar-refractivity contribution is 5.95. The quantitative estimate of drug-likeness (QED) is 0.842. The van der Waals surface area contributed by atoms with Crippen LogP contribution >= 0.6 is 0 Å². The van der Waals surface area contributed by atoms with Gasteiger partial charge in [-0.1, -0.05) is 32.9 Å². The zero-order chi connectivity index (χ0) is 13.2. The van der Waals surface area contributed by atoms with Crippen LogP contribution in [0.1, 0.15) is 39.2 Å². The molecule has 18 heavy (non-hydrogen) atoms. The second-order valence-electron chi connectivity index (χ2n) is 5.97. The number of benzene rings is 1. The van der Waals surface area contributed by atoms with E-state index in [9.17, 15) is 4.79 Å². The number of nitrogens with one attached hydrogen (secondary N) is 2. The number of rotatable bonds is 2. The molecule has 1 aromatic carbocycles. The number of amides is 1. The van der Waals surface area contributed by atoms with E-state index < -0.39 is 0 Å². The molecule has 1 heterocycles. The average Bonchev–Trinajstić information content (AvgIpc) is 2.82. The Labute approximate surface area is 109 Å². The number of carbonyl (C=O) groups is 1. The molecule has 0 saturated carbocycles. The van der Waals surface area contributed by atoms with E-state index >= 15 is 0 Å². The molecule has 1 aliphatic heterocycles. The second kappa shape index (κ2) is 5.11. The largest absolute Gasteiger partial charge is 0.325 e. The van der Waals surface area contributed by atoms with Crippen LogP contribution in [0, 0.1) is 0 Å². The van der Waals surface area contributed by atoms with E-state index in [1.165, 1.54) is 5.56 Å². The number of hydrogen-bond acceptors (Lipinski definition) is 2. The zero-order valence-electron chi connectivity index (χ0n) is 11.4. The molecule has 1 aliphatic rings. The summed E-state index contributed by atoms with van der Waals surface area (Å²) in [5.41, 5.74) is 2.30. The van der Waals surface area contributed by atoms with Gasteiger partial charge in [0.05, 0.1) is 6.04 Å². The van der Waals surface area contributed by atoms with Gasteiger partial charge in [-0.15, -0.1) is 0 Å². The lowest BCUT2D eigenvalue weighted by Gasteiger charge is -2.19. The molecule has 2 rings (SSSR count). The standard InChI is InChI=1S/C15H22N2O/c1-15(2,3)11-6-8-12(9-7-11)17-14(18)13-5-4-10-16-13/h6-9,13,16H,4-5,10H2,1-3H3,(H,17,18)/t13-/m1/s1. The first-order valence-corrected chi connectivity index (χ1v) is 6.61. The van der Waals surface area contributed by atoms with Gasteiger partial charge in [0, 0.05) is 5.69 Å². The van der Waals surface area contributed by atoms with Crippen molar-refractivity contribution in [3.63, 3.8) is 0 Å². The van der Waals surface area contributed by atoms with Gasteiger partial charge in [0.2, 0.25) is 5.91 Å². The van der Waals surface area contributed by atoms with Crippen LogP contribution in [-0.2, 0) is 10.2 Å². The van der Waals surface area contributed by atoms with E-state index in [0.29, 0.717) is 0 Å². The minimum atomic E-state index is -0.0210. The molecule has 2 N–H and O–H groups in total. The van der Waals surface area contributed by atoms with Gasteiger partial charge in [0.25, 0.3) is 0 Å². The van der Waals surface area contributed by atoms with Crippen LogP contribution in [0.15, 0.2) is 24.3 Å². The molecule has 98 valence electrons. The van der Waals surface area contributed by atoms with Crippen molar-refractivity contribution < 1.29 is 4.79 Å². The second-order valence-corrected chi connectivity index (χ2v) is 5.97. The molecule has 1 saturated heterocycles. The fourth-order valence-electron chi connectivity index (χ4n) is 2.19. The maximum atomic E-state index is 11.9. The molecule has 0 unspecified atom stereocenters. The highest BCUT2D eigenvalue weighted by Crippen LogP contribution is 2.23. The van der Waals surface area contributed by atoms with Gasteiger partial charge in [0.1, 0.15) is 0 Å². The predicted molar refractivity (Wildman–Crippen MR) is 74.8 cm³/mol. The molecule has 0 spiro atoms. The van der Waals surface area contributed by atoms with Crippen molar-refractivity contribution in [1.82, 2.24) is 5.32 Å².